The standard InChI is InChI=1S/C16H28F3N5O2.HI/c1-15(2,3)26-14(25)24-8-12(9-24)22-13(20-4)21-11-5-6-23(7-11)10-16(17,18)19;/h11-12H,5-10H2,1-4H3,(H2,20,21,22);1H. The van der Waals surface area contributed by atoms with Crippen LogP contribution in [0.5, 0.6) is 0 Å². The molecule has 2 aliphatic heterocycles. The predicted octanol–water partition coefficient (Wildman–Crippen LogP) is 2.03. The van der Waals surface area contributed by atoms with Gasteiger partial charge in [0.05, 0.1) is 12.6 Å². The Labute approximate surface area is 175 Å². The summed E-state index contributed by atoms with van der Waals surface area (Å²) in [6, 6.07) is -0.0352. The Morgan fingerprint density at radius 1 is 1.15 bits per heavy atom. The highest BCUT2D eigenvalue weighted by Crippen LogP contribution is 2.20. The number of carbonyl (C=O) groups excluding carboxylic acids is 1. The normalized spacial score (nSPS) is 22.1. The maximum absolute atomic E-state index is 12.5. The van der Waals surface area contributed by atoms with Crippen LogP contribution < -0.4 is 10.6 Å². The minimum Gasteiger partial charge on any atom is -0.444 e. The molecule has 2 fully saturated rings. The van der Waals surface area contributed by atoms with Crippen molar-refractivity contribution in [2.45, 2.75) is 51.1 Å². The summed E-state index contributed by atoms with van der Waals surface area (Å²) < 4.78 is 42.7. The van der Waals surface area contributed by atoms with Crippen molar-refractivity contribution in [1.29, 1.82) is 0 Å². The van der Waals surface area contributed by atoms with Crippen molar-refractivity contribution in [1.82, 2.24) is 20.4 Å². The summed E-state index contributed by atoms with van der Waals surface area (Å²) in [5.74, 6) is 0.540. The first kappa shape index (κ1) is 24.1. The molecule has 158 valence electrons. The van der Waals surface area contributed by atoms with Gasteiger partial charge in [0.25, 0.3) is 0 Å². The number of rotatable bonds is 3. The number of amides is 1. The summed E-state index contributed by atoms with van der Waals surface area (Å²) in [5.41, 5.74) is -0.530. The molecule has 0 aromatic heterocycles. The van der Waals surface area contributed by atoms with E-state index in [2.05, 4.69) is 15.6 Å². The van der Waals surface area contributed by atoms with Crippen LogP contribution in [0.3, 0.4) is 0 Å². The number of nitrogens with one attached hydrogen (secondary N) is 2. The summed E-state index contributed by atoms with van der Waals surface area (Å²) in [4.78, 5) is 19.0. The van der Waals surface area contributed by atoms with Crippen molar-refractivity contribution in [3.63, 3.8) is 0 Å². The van der Waals surface area contributed by atoms with Crippen molar-refractivity contribution in [3.8, 4) is 0 Å². The number of hydrogen-bond acceptors (Lipinski definition) is 4. The Bertz CT molecular complexity index is 533. The summed E-state index contributed by atoms with van der Waals surface area (Å²) in [6.45, 7) is 6.30. The molecule has 0 aliphatic carbocycles. The Hall–Kier alpha value is -0.980. The molecule has 2 saturated heterocycles. The molecular formula is C16H29F3IN5O2. The molecular weight excluding hydrogens is 478 g/mol. The van der Waals surface area contributed by atoms with Gasteiger partial charge in [-0.15, -0.1) is 24.0 Å². The number of ether oxygens (including phenoxy) is 1. The first-order valence-corrected chi connectivity index (χ1v) is 8.72. The van der Waals surface area contributed by atoms with E-state index in [0.717, 1.165) is 0 Å². The Morgan fingerprint density at radius 3 is 2.26 bits per heavy atom. The molecule has 7 nitrogen and oxygen atoms in total. The fraction of sp³-hybridized carbons (Fsp3) is 0.875. The number of hydrogen-bond donors (Lipinski definition) is 2. The molecule has 0 saturated carbocycles. The minimum atomic E-state index is -4.17. The second kappa shape index (κ2) is 9.48. The van der Waals surface area contributed by atoms with E-state index >= 15 is 0 Å². The number of carbonyl (C=O) groups is 1. The average molecular weight is 507 g/mol. The summed E-state index contributed by atoms with van der Waals surface area (Å²) in [7, 11) is 1.61. The smallest absolute Gasteiger partial charge is 0.410 e. The van der Waals surface area contributed by atoms with Crippen molar-refractivity contribution >= 4 is 36.0 Å². The van der Waals surface area contributed by atoms with Gasteiger partial charge in [0, 0.05) is 39.3 Å². The lowest BCUT2D eigenvalue weighted by molar-refractivity contribution is -0.143. The van der Waals surface area contributed by atoms with Gasteiger partial charge in [-0.3, -0.25) is 9.89 Å². The first-order valence-electron chi connectivity index (χ1n) is 8.72. The number of alkyl halides is 3. The molecule has 1 unspecified atom stereocenters. The van der Waals surface area contributed by atoms with Gasteiger partial charge in [-0.05, 0) is 27.2 Å². The Balaban J connectivity index is 0.00000364. The third kappa shape index (κ3) is 8.28. The van der Waals surface area contributed by atoms with E-state index in [9.17, 15) is 18.0 Å². The molecule has 2 aliphatic rings. The zero-order chi connectivity index (χ0) is 19.5. The van der Waals surface area contributed by atoms with Gasteiger partial charge in [0.1, 0.15) is 5.60 Å². The minimum absolute atomic E-state index is 0. The van der Waals surface area contributed by atoms with Gasteiger partial charge in [0.15, 0.2) is 5.96 Å². The Kier molecular flexibility index (Phi) is 8.45. The number of aliphatic imine (C=N–C) groups is 1. The summed E-state index contributed by atoms with van der Waals surface area (Å²) >= 11 is 0. The highest BCUT2D eigenvalue weighted by atomic mass is 127. The predicted molar refractivity (Wildman–Crippen MR) is 108 cm³/mol. The third-order valence-electron chi connectivity index (χ3n) is 4.11. The van der Waals surface area contributed by atoms with Gasteiger partial charge in [0.2, 0.25) is 0 Å². The van der Waals surface area contributed by atoms with Crippen LogP contribution in [-0.4, -0.2) is 85.5 Å². The molecule has 0 aromatic rings. The zero-order valence-electron chi connectivity index (χ0n) is 16.1. The van der Waals surface area contributed by atoms with E-state index in [-0.39, 0.29) is 42.2 Å². The summed E-state index contributed by atoms with van der Waals surface area (Å²) in [6.07, 6.45) is -3.89. The van der Waals surface area contributed by atoms with Crippen molar-refractivity contribution in [3.05, 3.63) is 0 Å². The highest BCUT2D eigenvalue weighted by Gasteiger charge is 2.36. The van der Waals surface area contributed by atoms with Gasteiger partial charge < -0.3 is 20.3 Å². The molecule has 2 N–H and O–H groups in total. The largest absolute Gasteiger partial charge is 0.444 e. The van der Waals surface area contributed by atoms with Gasteiger partial charge in [-0.1, -0.05) is 0 Å². The monoisotopic (exact) mass is 507 g/mol. The quantitative estimate of drug-likeness (QED) is 0.348. The van der Waals surface area contributed by atoms with Crippen molar-refractivity contribution in [2.24, 2.45) is 4.99 Å². The van der Waals surface area contributed by atoms with Gasteiger partial charge >= 0.3 is 12.3 Å². The lowest BCUT2D eigenvalue weighted by Gasteiger charge is -2.40. The number of guanidine groups is 1. The molecule has 1 amide bonds. The zero-order valence-corrected chi connectivity index (χ0v) is 18.4. The van der Waals surface area contributed by atoms with E-state index in [0.29, 0.717) is 38.6 Å². The van der Waals surface area contributed by atoms with Crippen LogP contribution in [0.2, 0.25) is 0 Å². The second-order valence-electron chi connectivity index (χ2n) is 7.78. The molecule has 11 heteroatoms. The SMILES string of the molecule is CN=C(NC1CCN(CC(F)(F)F)C1)NC1CN(C(=O)OC(C)(C)C)C1.I. The first-order chi connectivity index (χ1) is 11.9. The van der Waals surface area contributed by atoms with Crippen LogP contribution in [0, 0.1) is 0 Å². The lowest BCUT2D eigenvalue weighted by atomic mass is 10.1. The van der Waals surface area contributed by atoms with Crippen LogP contribution in [0.25, 0.3) is 0 Å². The Morgan fingerprint density at radius 2 is 1.74 bits per heavy atom. The molecule has 0 spiro atoms. The number of likely N-dealkylation sites (tertiary alicyclic amines) is 2. The van der Waals surface area contributed by atoms with Gasteiger partial charge in [-0.2, -0.15) is 13.2 Å². The van der Waals surface area contributed by atoms with Crippen LogP contribution in [0.4, 0.5) is 18.0 Å². The van der Waals surface area contributed by atoms with Crippen LogP contribution in [-0.2, 0) is 4.74 Å². The molecule has 27 heavy (non-hydrogen) atoms. The third-order valence-corrected chi connectivity index (χ3v) is 4.11. The second-order valence-corrected chi connectivity index (χ2v) is 7.78. The van der Waals surface area contributed by atoms with Crippen molar-refractivity contribution < 1.29 is 22.7 Å². The molecule has 0 bridgehead atoms. The van der Waals surface area contributed by atoms with E-state index in [1.165, 1.54) is 4.90 Å². The average Bonchev–Trinajstić information content (AvgIpc) is 2.83. The number of halogens is 4. The lowest BCUT2D eigenvalue weighted by Crippen LogP contribution is -2.63. The van der Waals surface area contributed by atoms with E-state index < -0.39 is 18.3 Å². The van der Waals surface area contributed by atoms with E-state index in [1.54, 1.807) is 11.9 Å². The summed E-state index contributed by atoms with van der Waals surface area (Å²) in [5, 5.41) is 6.35. The maximum atomic E-state index is 12.5. The fourth-order valence-corrected chi connectivity index (χ4v) is 2.95. The molecule has 1 atom stereocenters. The van der Waals surface area contributed by atoms with Crippen LogP contribution in [0.15, 0.2) is 4.99 Å². The molecule has 2 rings (SSSR count). The molecule has 0 aromatic carbocycles. The van der Waals surface area contributed by atoms with E-state index in [4.69, 9.17) is 4.74 Å². The van der Waals surface area contributed by atoms with Gasteiger partial charge in [-0.25, -0.2) is 4.79 Å². The van der Waals surface area contributed by atoms with Crippen LogP contribution >= 0.6 is 24.0 Å². The topological polar surface area (TPSA) is 69.2 Å². The van der Waals surface area contributed by atoms with E-state index in [1.807, 2.05) is 20.8 Å². The number of nitrogens with zero attached hydrogens (tertiary/aromatic N) is 3. The van der Waals surface area contributed by atoms with Crippen LogP contribution in [0.1, 0.15) is 27.2 Å². The molecule has 0 radical (unpaired) electrons. The maximum Gasteiger partial charge on any atom is 0.410 e. The highest BCUT2D eigenvalue weighted by molar-refractivity contribution is 14.0. The van der Waals surface area contributed by atoms with Crippen molar-refractivity contribution in [2.75, 3.05) is 39.8 Å². The fourth-order valence-electron chi connectivity index (χ4n) is 2.95. The molecule has 2 heterocycles.